The van der Waals surface area contributed by atoms with Crippen LogP contribution in [-0.4, -0.2) is 28.8 Å². The Hall–Kier alpha value is -2.05. The van der Waals surface area contributed by atoms with Crippen molar-refractivity contribution in [3.8, 4) is 17.0 Å². The van der Waals surface area contributed by atoms with E-state index >= 15 is 0 Å². The fraction of sp³-hybridized carbons (Fsp3) is 0.333. The number of carbonyl (C=O) groups is 1. The second kappa shape index (κ2) is 5.98. The summed E-state index contributed by atoms with van der Waals surface area (Å²) in [5, 5.41) is 8.30. The predicted octanol–water partition coefficient (Wildman–Crippen LogP) is 1.80. The van der Waals surface area contributed by atoms with Crippen LogP contribution in [0.15, 0.2) is 18.2 Å². The van der Waals surface area contributed by atoms with E-state index in [4.69, 9.17) is 22.1 Å². The summed E-state index contributed by atoms with van der Waals surface area (Å²) >= 11 is 6.15. The highest BCUT2D eigenvalue weighted by molar-refractivity contribution is 6.31. The zero-order valence-corrected chi connectivity index (χ0v) is 13.0. The highest BCUT2D eigenvalue weighted by atomic mass is 35.5. The van der Waals surface area contributed by atoms with Crippen LogP contribution in [0.1, 0.15) is 23.0 Å². The minimum absolute atomic E-state index is 0.442. The van der Waals surface area contributed by atoms with E-state index in [1.54, 1.807) is 12.1 Å². The zero-order chi connectivity index (χ0) is 15.7. The van der Waals surface area contributed by atoms with Gasteiger partial charge in [-0.2, -0.15) is 5.10 Å². The van der Waals surface area contributed by atoms with E-state index in [2.05, 4.69) is 10.4 Å². The predicted molar refractivity (Wildman–Crippen MR) is 84.1 cm³/mol. The van der Waals surface area contributed by atoms with Gasteiger partial charge >= 0.3 is 0 Å². The first kappa shape index (κ1) is 14.9. The minimum atomic E-state index is -0.488. The summed E-state index contributed by atoms with van der Waals surface area (Å²) in [5.41, 5.74) is 8.10. The number of hydrogen-bond acceptors (Lipinski definition) is 4. The lowest BCUT2D eigenvalue weighted by molar-refractivity contribution is 0.0999. The van der Waals surface area contributed by atoms with Crippen molar-refractivity contribution in [2.24, 2.45) is 5.73 Å². The van der Waals surface area contributed by atoms with Gasteiger partial charge in [-0.25, -0.2) is 0 Å². The lowest BCUT2D eigenvalue weighted by Crippen LogP contribution is -2.30. The van der Waals surface area contributed by atoms with Gasteiger partial charge in [0.1, 0.15) is 11.4 Å². The Morgan fingerprint density at radius 2 is 2.32 bits per heavy atom. The molecule has 1 amide bonds. The Bertz CT molecular complexity index is 727. The van der Waals surface area contributed by atoms with Crippen molar-refractivity contribution < 1.29 is 9.53 Å². The van der Waals surface area contributed by atoms with E-state index in [0.717, 1.165) is 17.8 Å². The number of nitrogens with two attached hydrogens (primary N) is 1. The Balaban J connectivity index is 2.15. The number of benzene rings is 1. The van der Waals surface area contributed by atoms with Gasteiger partial charge in [-0.3, -0.25) is 9.48 Å². The molecule has 0 bridgehead atoms. The normalized spacial score (nSPS) is 13.7. The van der Waals surface area contributed by atoms with Crippen LogP contribution >= 0.6 is 11.6 Å². The topological polar surface area (TPSA) is 82.2 Å². The number of aromatic nitrogens is 2. The van der Waals surface area contributed by atoms with Crippen LogP contribution in [0.3, 0.4) is 0 Å². The standard InChI is InChI=1S/C15H17ClN4O2/c1-2-22-11-6-9(5-10(16)7-11)14-13(15(17)21)12-8-18-3-4-20(12)19-14/h5-7,18H,2-4,8H2,1H3,(H2,17,21). The first-order valence-electron chi connectivity index (χ1n) is 7.14. The van der Waals surface area contributed by atoms with Gasteiger partial charge in [0.2, 0.25) is 0 Å². The van der Waals surface area contributed by atoms with E-state index in [1.807, 2.05) is 17.7 Å². The van der Waals surface area contributed by atoms with Gasteiger partial charge in [-0.05, 0) is 25.1 Å². The zero-order valence-electron chi connectivity index (χ0n) is 12.2. The first-order valence-corrected chi connectivity index (χ1v) is 7.52. The summed E-state index contributed by atoms with van der Waals surface area (Å²) in [4.78, 5) is 11.9. The number of nitrogens with one attached hydrogen (secondary N) is 1. The number of fused-ring (bicyclic) bond motifs is 1. The molecule has 2 aromatic rings. The summed E-state index contributed by atoms with van der Waals surface area (Å²) in [6.45, 7) is 4.52. The molecule has 3 N–H and O–H groups in total. The smallest absolute Gasteiger partial charge is 0.252 e. The molecule has 1 aromatic carbocycles. The largest absolute Gasteiger partial charge is 0.494 e. The molecule has 0 saturated carbocycles. The van der Waals surface area contributed by atoms with Crippen molar-refractivity contribution in [2.75, 3.05) is 13.2 Å². The number of nitrogens with zero attached hydrogens (tertiary/aromatic N) is 2. The fourth-order valence-corrected chi connectivity index (χ4v) is 2.89. The molecule has 0 radical (unpaired) electrons. The van der Waals surface area contributed by atoms with E-state index in [9.17, 15) is 4.79 Å². The number of primary amides is 1. The van der Waals surface area contributed by atoms with Gasteiger partial charge in [0.25, 0.3) is 5.91 Å². The first-order chi connectivity index (χ1) is 10.6. The second-order valence-corrected chi connectivity index (χ2v) is 5.48. The molecule has 0 saturated heterocycles. The van der Waals surface area contributed by atoms with E-state index in [0.29, 0.717) is 41.7 Å². The van der Waals surface area contributed by atoms with Crippen molar-refractivity contribution in [1.29, 1.82) is 0 Å². The van der Waals surface area contributed by atoms with Crippen molar-refractivity contribution in [3.63, 3.8) is 0 Å². The summed E-state index contributed by atoms with van der Waals surface area (Å²) in [6.07, 6.45) is 0. The van der Waals surface area contributed by atoms with Crippen LogP contribution in [0, 0.1) is 0 Å². The van der Waals surface area contributed by atoms with Gasteiger partial charge in [0.05, 0.1) is 24.4 Å². The van der Waals surface area contributed by atoms with Gasteiger partial charge in [0.15, 0.2) is 0 Å². The monoisotopic (exact) mass is 320 g/mol. The highest BCUT2D eigenvalue weighted by Gasteiger charge is 2.25. The molecule has 0 spiro atoms. The van der Waals surface area contributed by atoms with Gasteiger partial charge in [0, 0.05) is 23.7 Å². The minimum Gasteiger partial charge on any atom is -0.494 e. The van der Waals surface area contributed by atoms with Crippen LogP contribution < -0.4 is 15.8 Å². The lowest BCUT2D eigenvalue weighted by atomic mass is 10.0. The average Bonchev–Trinajstić information content (AvgIpc) is 2.86. The highest BCUT2D eigenvalue weighted by Crippen LogP contribution is 2.31. The molecule has 22 heavy (non-hydrogen) atoms. The van der Waals surface area contributed by atoms with Crippen molar-refractivity contribution in [3.05, 3.63) is 34.5 Å². The van der Waals surface area contributed by atoms with Crippen molar-refractivity contribution in [2.45, 2.75) is 20.0 Å². The lowest BCUT2D eigenvalue weighted by Gasteiger charge is -2.15. The molecule has 116 valence electrons. The fourth-order valence-electron chi connectivity index (χ4n) is 2.66. The number of halogens is 1. The third-order valence-electron chi connectivity index (χ3n) is 3.55. The average molecular weight is 321 g/mol. The van der Waals surface area contributed by atoms with Crippen molar-refractivity contribution in [1.82, 2.24) is 15.1 Å². The molecule has 1 aliphatic heterocycles. The number of carbonyl (C=O) groups excluding carboxylic acids is 1. The maximum atomic E-state index is 11.9. The molecule has 7 heteroatoms. The molecule has 3 rings (SSSR count). The van der Waals surface area contributed by atoms with Gasteiger partial charge in [-0.1, -0.05) is 11.6 Å². The van der Waals surface area contributed by atoms with Gasteiger partial charge in [-0.15, -0.1) is 0 Å². The third-order valence-corrected chi connectivity index (χ3v) is 3.77. The SMILES string of the molecule is CCOc1cc(Cl)cc(-c2nn3c(c2C(N)=O)CNCC3)c1. The molecule has 1 aromatic heterocycles. The van der Waals surface area contributed by atoms with Crippen LogP contribution in [0.5, 0.6) is 5.75 Å². The molecule has 0 aliphatic carbocycles. The number of ether oxygens (including phenoxy) is 1. The van der Waals surface area contributed by atoms with Crippen LogP contribution in [0.2, 0.25) is 5.02 Å². The summed E-state index contributed by atoms with van der Waals surface area (Å²) in [5.74, 6) is 0.155. The maximum absolute atomic E-state index is 11.9. The number of amides is 1. The van der Waals surface area contributed by atoms with Gasteiger partial charge < -0.3 is 15.8 Å². The van der Waals surface area contributed by atoms with E-state index in [1.165, 1.54) is 0 Å². The molecule has 0 fully saturated rings. The summed E-state index contributed by atoms with van der Waals surface area (Å²) < 4.78 is 7.33. The third kappa shape index (κ3) is 2.67. The van der Waals surface area contributed by atoms with Crippen LogP contribution in [0.25, 0.3) is 11.3 Å². The Labute approximate surface area is 133 Å². The molecular formula is C15H17ClN4O2. The number of rotatable bonds is 4. The Kier molecular flexibility index (Phi) is 4.04. The molecule has 6 nitrogen and oxygen atoms in total. The molecule has 2 heterocycles. The van der Waals surface area contributed by atoms with E-state index in [-0.39, 0.29) is 0 Å². The summed E-state index contributed by atoms with van der Waals surface area (Å²) in [6, 6.07) is 5.32. The summed E-state index contributed by atoms with van der Waals surface area (Å²) in [7, 11) is 0. The molecular weight excluding hydrogens is 304 g/mol. The van der Waals surface area contributed by atoms with Crippen LogP contribution in [-0.2, 0) is 13.1 Å². The molecule has 0 atom stereocenters. The maximum Gasteiger partial charge on any atom is 0.252 e. The van der Waals surface area contributed by atoms with Crippen molar-refractivity contribution >= 4 is 17.5 Å². The van der Waals surface area contributed by atoms with E-state index < -0.39 is 5.91 Å². The second-order valence-electron chi connectivity index (χ2n) is 5.04. The quantitative estimate of drug-likeness (QED) is 0.900. The van der Waals surface area contributed by atoms with Crippen LogP contribution in [0.4, 0.5) is 0 Å². The Morgan fingerprint density at radius 1 is 1.50 bits per heavy atom. The number of hydrogen-bond donors (Lipinski definition) is 2. The Morgan fingerprint density at radius 3 is 3.05 bits per heavy atom. The molecule has 0 unspecified atom stereocenters. The molecule has 1 aliphatic rings.